The normalized spacial score (nSPS) is 10.5. The molecule has 0 radical (unpaired) electrons. The van der Waals surface area contributed by atoms with Crippen molar-refractivity contribution in [1.82, 2.24) is 10.3 Å². The minimum Gasteiger partial charge on any atom is -0.350 e. The number of nitrogens with one attached hydrogen (secondary N) is 3. The quantitative estimate of drug-likeness (QED) is 0.565. The number of carbonyl (C=O) groups is 3. The van der Waals surface area contributed by atoms with Crippen LogP contribution in [-0.2, 0) is 0 Å². The minimum atomic E-state index is -0.350. The molecule has 7 heteroatoms. The van der Waals surface area contributed by atoms with Crippen LogP contribution in [0.1, 0.15) is 50.5 Å². The highest BCUT2D eigenvalue weighted by molar-refractivity contribution is 6.07. The van der Waals surface area contributed by atoms with E-state index in [1.807, 2.05) is 20.8 Å². The number of anilines is 2. The fourth-order valence-corrected chi connectivity index (χ4v) is 2.93. The summed E-state index contributed by atoms with van der Waals surface area (Å²) >= 11 is 0. The molecule has 1 aromatic heterocycles. The maximum Gasteiger partial charge on any atom is 0.257 e. The number of benzene rings is 2. The van der Waals surface area contributed by atoms with E-state index in [0.29, 0.717) is 28.1 Å². The third-order valence-corrected chi connectivity index (χ3v) is 4.47. The monoisotopic (exact) mass is 416 g/mol. The van der Waals surface area contributed by atoms with Gasteiger partial charge in [-0.1, -0.05) is 12.1 Å². The molecule has 3 rings (SSSR count). The van der Waals surface area contributed by atoms with Gasteiger partial charge < -0.3 is 16.0 Å². The van der Waals surface area contributed by atoms with Crippen LogP contribution in [0.4, 0.5) is 11.4 Å². The predicted molar refractivity (Wildman–Crippen MR) is 120 cm³/mol. The highest BCUT2D eigenvalue weighted by Gasteiger charge is 2.14. The van der Waals surface area contributed by atoms with Gasteiger partial charge in [-0.2, -0.15) is 0 Å². The van der Waals surface area contributed by atoms with E-state index in [9.17, 15) is 14.4 Å². The molecule has 158 valence electrons. The molecule has 0 spiro atoms. The molecule has 0 saturated carbocycles. The van der Waals surface area contributed by atoms with Crippen LogP contribution in [0.3, 0.4) is 0 Å². The molecule has 3 N–H and O–H groups in total. The second-order valence-corrected chi connectivity index (χ2v) is 7.39. The zero-order valence-electron chi connectivity index (χ0n) is 17.6. The van der Waals surface area contributed by atoms with Gasteiger partial charge in [-0.25, -0.2) is 0 Å². The topological polar surface area (TPSA) is 100 Å². The molecule has 2 aromatic carbocycles. The van der Waals surface area contributed by atoms with Gasteiger partial charge in [-0.15, -0.1) is 0 Å². The molecule has 3 aromatic rings. The molecule has 0 saturated heterocycles. The highest BCUT2D eigenvalue weighted by Crippen LogP contribution is 2.18. The first-order valence-electron chi connectivity index (χ1n) is 9.88. The number of aromatic nitrogens is 1. The Bertz CT molecular complexity index is 1110. The van der Waals surface area contributed by atoms with Gasteiger partial charge in [-0.3, -0.25) is 19.4 Å². The second kappa shape index (κ2) is 9.67. The summed E-state index contributed by atoms with van der Waals surface area (Å²) in [5.41, 5.74) is 3.11. The Morgan fingerprint density at radius 3 is 2.16 bits per heavy atom. The average Bonchev–Trinajstić information content (AvgIpc) is 2.75. The summed E-state index contributed by atoms with van der Waals surface area (Å²) in [6.45, 7) is 5.62. The van der Waals surface area contributed by atoms with Crippen LogP contribution in [0.5, 0.6) is 0 Å². The lowest BCUT2D eigenvalue weighted by molar-refractivity contribution is 0.0940. The molecular formula is C24H24N4O3. The van der Waals surface area contributed by atoms with E-state index in [4.69, 9.17) is 0 Å². The standard InChI is InChI=1S/C24H24N4O3/c1-15(2)26-24(31)21-13-20(10-9-16(21)3)28-22(29)17-6-4-8-19(12-17)27-23(30)18-7-5-11-25-14-18/h4-15H,1-3H3,(H,26,31)(H,27,30)(H,28,29). The van der Waals surface area contributed by atoms with E-state index in [2.05, 4.69) is 20.9 Å². The Balaban J connectivity index is 1.73. The summed E-state index contributed by atoms with van der Waals surface area (Å²) in [7, 11) is 0. The first-order valence-corrected chi connectivity index (χ1v) is 9.88. The van der Waals surface area contributed by atoms with Gasteiger partial charge >= 0.3 is 0 Å². The third-order valence-electron chi connectivity index (χ3n) is 4.47. The number of hydrogen-bond donors (Lipinski definition) is 3. The number of amides is 3. The minimum absolute atomic E-state index is 0.00904. The fraction of sp³-hybridized carbons (Fsp3) is 0.167. The first kappa shape index (κ1) is 21.7. The van der Waals surface area contributed by atoms with Crippen LogP contribution in [0.25, 0.3) is 0 Å². The lowest BCUT2D eigenvalue weighted by Gasteiger charge is -2.13. The Morgan fingerprint density at radius 2 is 1.48 bits per heavy atom. The van der Waals surface area contributed by atoms with Crippen LogP contribution < -0.4 is 16.0 Å². The second-order valence-electron chi connectivity index (χ2n) is 7.39. The summed E-state index contributed by atoms with van der Waals surface area (Å²) in [6.07, 6.45) is 3.06. The number of hydrogen-bond acceptors (Lipinski definition) is 4. The van der Waals surface area contributed by atoms with Gasteiger partial charge in [-0.05, 0) is 68.8 Å². The van der Waals surface area contributed by atoms with E-state index >= 15 is 0 Å². The first-order chi connectivity index (χ1) is 14.8. The summed E-state index contributed by atoms with van der Waals surface area (Å²) in [4.78, 5) is 41.3. The molecule has 0 aliphatic carbocycles. The molecule has 1 heterocycles. The van der Waals surface area contributed by atoms with Crippen molar-refractivity contribution in [2.75, 3.05) is 10.6 Å². The van der Waals surface area contributed by atoms with E-state index in [-0.39, 0.29) is 23.8 Å². The zero-order chi connectivity index (χ0) is 22.4. The Hall–Kier alpha value is -4.00. The van der Waals surface area contributed by atoms with Crippen molar-refractivity contribution in [3.63, 3.8) is 0 Å². The predicted octanol–water partition coefficient (Wildman–Crippen LogP) is 4.03. The molecule has 0 fully saturated rings. The summed E-state index contributed by atoms with van der Waals surface area (Å²) < 4.78 is 0. The molecule has 0 unspecified atom stereocenters. The van der Waals surface area contributed by atoms with Crippen molar-refractivity contribution < 1.29 is 14.4 Å². The lowest BCUT2D eigenvalue weighted by atomic mass is 10.1. The van der Waals surface area contributed by atoms with Gasteiger partial charge in [0.25, 0.3) is 17.7 Å². The fourth-order valence-electron chi connectivity index (χ4n) is 2.93. The third kappa shape index (κ3) is 5.76. The van der Waals surface area contributed by atoms with Crippen molar-refractivity contribution in [1.29, 1.82) is 0 Å². The summed E-state index contributed by atoms with van der Waals surface area (Å²) in [5.74, 6) is -0.856. The average molecular weight is 416 g/mol. The Morgan fingerprint density at radius 1 is 0.806 bits per heavy atom. The summed E-state index contributed by atoms with van der Waals surface area (Å²) in [5, 5.41) is 8.41. The van der Waals surface area contributed by atoms with Crippen LogP contribution in [-0.4, -0.2) is 28.7 Å². The molecule has 0 aliphatic rings. The number of nitrogens with zero attached hydrogens (tertiary/aromatic N) is 1. The number of rotatable bonds is 6. The maximum absolute atomic E-state index is 12.7. The van der Waals surface area contributed by atoms with E-state index in [0.717, 1.165) is 5.56 Å². The molecular weight excluding hydrogens is 392 g/mol. The Kier molecular flexibility index (Phi) is 6.77. The highest BCUT2D eigenvalue weighted by atomic mass is 16.2. The molecule has 0 atom stereocenters. The molecule has 0 aliphatic heterocycles. The van der Waals surface area contributed by atoms with Gasteiger partial charge in [0.1, 0.15) is 0 Å². The number of pyridine rings is 1. The van der Waals surface area contributed by atoms with E-state index in [1.165, 1.54) is 6.20 Å². The number of carbonyl (C=O) groups excluding carboxylic acids is 3. The van der Waals surface area contributed by atoms with Crippen molar-refractivity contribution in [3.8, 4) is 0 Å². The van der Waals surface area contributed by atoms with Crippen molar-refractivity contribution >= 4 is 29.1 Å². The van der Waals surface area contributed by atoms with Crippen molar-refractivity contribution in [3.05, 3.63) is 89.2 Å². The molecule has 31 heavy (non-hydrogen) atoms. The van der Waals surface area contributed by atoms with Gasteiger partial charge in [0.2, 0.25) is 0 Å². The van der Waals surface area contributed by atoms with Crippen molar-refractivity contribution in [2.45, 2.75) is 26.8 Å². The van der Waals surface area contributed by atoms with Gasteiger partial charge in [0.05, 0.1) is 5.56 Å². The van der Waals surface area contributed by atoms with Crippen LogP contribution in [0.2, 0.25) is 0 Å². The van der Waals surface area contributed by atoms with E-state index < -0.39 is 0 Å². The summed E-state index contributed by atoms with van der Waals surface area (Å²) in [6, 6.07) is 15.1. The van der Waals surface area contributed by atoms with Crippen LogP contribution in [0.15, 0.2) is 67.0 Å². The smallest absolute Gasteiger partial charge is 0.257 e. The Labute approximate surface area is 180 Å². The zero-order valence-corrected chi connectivity index (χ0v) is 17.6. The number of aryl methyl sites for hydroxylation is 1. The van der Waals surface area contributed by atoms with Crippen LogP contribution in [0, 0.1) is 6.92 Å². The van der Waals surface area contributed by atoms with Crippen molar-refractivity contribution in [2.24, 2.45) is 0 Å². The molecule has 3 amide bonds. The largest absolute Gasteiger partial charge is 0.350 e. The molecule has 0 bridgehead atoms. The van der Waals surface area contributed by atoms with Crippen LogP contribution >= 0.6 is 0 Å². The SMILES string of the molecule is Cc1ccc(NC(=O)c2cccc(NC(=O)c3cccnc3)c2)cc1C(=O)NC(C)C. The van der Waals surface area contributed by atoms with Gasteiger partial charge in [0.15, 0.2) is 0 Å². The maximum atomic E-state index is 12.7. The van der Waals surface area contributed by atoms with Gasteiger partial charge in [0, 0.05) is 40.9 Å². The molecule has 7 nitrogen and oxygen atoms in total. The van der Waals surface area contributed by atoms with E-state index in [1.54, 1.807) is 60.8 Å². The lowest BCUT2D eigenvalue weighted by Crippen LogP contribution is -2.30.